The largest absolute Gasteiger partial charge is 0.492 e. The minimum Gasteiger partial charge on any atom is -0.492 e. The van der Waals surface area contributed by atoms with Crippen molar-refractivity contribution in [2.45, 2.75) is 34.6 Å². The predicted octanol–water partition coefficient (Wildman–Crippen LogP) is 2.45. The Hall–Kier alpha value is -1.89. The number of hydrogen-bond acceptors (Lipinski definition) is 5. The topological polar surface area (TPSA) is 66.8 Å². The van der Waals surface area contributed by atoms with E-state index in [0.29, 0.717) is 29.2 Å². The van der Waals surface area contributed by atoms with E-state index in [4.69, 9.17) is 9.84 Å². The maximum absolute atomic E-state index is 12.8. The molecule has 2 aliphatic heterocycles. The van der Waals surface area contributed by atoms with E-state index in [1.807, 2.05) is 6.07 Å². The number of fused-ring (bicyclic) bond motifs is 3. The molecule has 6 heteroatoms. The van der Waals surface area contributed by atoms with Crippen LogP contribution in [0.1, 0.15) is 24.3 Å². The Bertz CT molecular complexity index is 882. The molecule has 1 saturated heterocycles. The third-order valence-electron chi connectivity index (χ3n) is 5.42. The Balaban J connectivity index is 1.62. The van der Waals surface area contributed by atoms with Crippen molar-refractivity contribution in [3.05, 3.63) is 54.1 Å². The lowest BCUT2D eigenvalue weighted by atomic mass is 9.89. The van der Waals surface area contributed by atoms with Crippen molar-refractivity contribution >= 4 is 9.84 Å². The number of aliphatic hydroxyl groups is 1. The Labute approximate surface area is 154 Å². The molecule has 2 heterocycles. The number of likely N-dealkylation sites (tertiary alicyclic amines) is 1. The van der Waals surface area contributed by atoms with Gasteiger partial charge in [-0.1, -0.05) is 24.3 Å². The van der Waals surface area contributed by atoms with Gasteiger partial charge in [0.25, 0.3) is 0 Å². The van der Waals surface area contributed by atoms with Crippen LogP contribution in [-0.4, -0.2) is 50.8 Å². The summed E-state index contributed by atoms with van der Waals surface area (Å²) in [6.07, 6.45) is 1.81. The average molecular weight is 373 g/mol. The quantitative estimate of drug-likeness (QED) is 0.872. The maximum atomic E-state index is 12.8. The third-order valence-corrected chi connectivity index (χ3v) is 7.19. The van der Waals surface area contributed by atoms with Crippen LogP contribution < -0.4 is 4.74 Å². The van der Waals surface area contributed by atoms with Crippen LogP contribution in [0.2, 0.25) is 0 Å². The van der Waals surface area contributed by atoms with Gasteiger partial charge in [-0.3, -0.25) is 4.90 Å². The molecule has 0 radical (unpaired) electrons. The van der Waals surface area contributed by atoms with Gasteiger partial charge in [-0.2, -0.15) is 0 Å². The Morgan fingerprint density at radius 1 is 1.12 bits per heavy atom. The zero-order valence-corrected chi connectivity index (χ0v) is 15.4. The number of sulfone groups is 1. The highest BCUT2D eigenvalue weighted by atomic mass is 32.2. The monoisotopic (exact) mass is 373 g/mol. The molecule has 2 aromatic rings. The van der Waals surface area contributed by atoms with Gasteiger partial charge in [-0.25, -0.2) is 8.42 Å². The predicted molar refractivity (Wildman–Crippen MR) is 98.3 cm³/mol. The van der Waals surface area contributed by atoms with Gasteiger partial charge in [-0.05, 0) is 49.2 Å². The molecule has 26 heavy (non-hydrogen) atoms. The Morgan fingerprint density at radius 2 is 1.92 bits per heavy atom. The molecule has 0 aliphatic carbocycles. The lowest BCUT2D eigenvalue weighted by molar-refractivity contribution is 0.138. The standard InChI is InChI=1S/C20H23NO4S/c22-12-4-10-21-11-9-17-18-8-7-16(13-20(18)25-14-19(17)21)26(23,24)15-5-2-1-3-6-15/h1-3,5-8,13,17,19,22H,4,9-12,14H2. The van der Waals surface area contributed by atoms with Gasteiger partial charge in [0, 0.05) is 19.1 Å². The SMILES string of the molecule is O=S(=O)(c1ccccc1)c1ccc2c(c1)OCC1C2CCN1CCCO. The zero-order valence-electron chi connectivity index (χ0n) is 14.5. The zero-order chi connectivity index (χ0) is 18.1. The van der Waals surface area contributed by atoms with Gasteiger partial charge in [0.2, 0.25) is 9.84 Å². The van der Waals surface area contributed by atoms with Gasteiger partial charge >= 0.3 is 0 Å². The van der Waals surface area contributed by atoms with Crippen molar-refractivity contribution in [1.82, 2.24) is 4.90 Å². The summed E-state index contributed by atoms with van der Waals surface area (Å²) in [5, 5.41) is 9.07. The van der Waals surface area contributed by atoms with Crippen LogP contribution in [0.15, 0.2) is 58.3 Å². The van der Waals surface area contributed by atoms with Crippen LogP contribution in [0.3, 0.4) is 0 Å². The minimum absolute atomic E-state index is 0.200. The van der Waals surface area contributed by atoms with Crippen LogP contribution in [0, 0.1) is 0 Å². The number of aliphatic hydroxyl groups excluding tert-OH is 1. The Kier molecular flexibility index (Phi) is 4.73. The summed E-state index contributed by atoms with van der Waals surface area (Å²) in [7, 11) is -3.54. The van der Waals surface area contributed by atoms with Crippen molar-refractivity contribution in [2.75, 3.05) is 26.3 Å². The van der Waals surface area contributed by atoms with Gasteiger partial charge in [0.1, 0.15) is 12.4 Å². The summed E-state index contributed by atoms with van der Waals surface area (Å²) in [6.45, 7) is 2.63. The molecule has 2 aromatic carbocycles. The van der Waals surface area contributed by atoms with E-state index in [1.165, 1.54) is 0 Å². The van der Waals surface area contributed by atoms with E-state index in [-0.39, 0.29) is 11.5 Å². The highest BCUT2D eigenvalue weighted by molar-refractivity contribution is 7.91. The summed E-state index contributed by atoms with van der Waals surface area (Å²) in [4.78, 5) is 2.94. The lowest BCUT2D eigenvalue weighted by Crippen LogP contribution is -2.40. The average Bonchev–Trinajstić information content (AvgIpc) is 3.10. The molecule has 0 bridgehead atoms. The normalized spacial score (nSPS) is 22.5. The molecule has 0 spiro atoms. The van der Waals surface area contributed by atoms with E-state index in [2.05, 4.69) is 4.90 Å². The number of nitrogens with zero attached hydrogens (tertiary/aromatic N) is 1. The molecule has 0 saturated carbocycles. The van der Waals surface area contributed by atoms with Crippen molar-refractivity contribution < 1.29 is 18.3 Å². The van der Waals surface area contributed by atoms with Crippen LogP contribution in [-0.2, 0) is 9.84 Å². The molecule has 2 unspecified atom stereocenters. The molecule has 2 atom stereocenters. The Morgan fingerprint density at radius 3 is 2.69 bits per heavy atom. The maximum Gasteiger partial charge on any atom is 0.206 e. The second-order valence-corrected chi connectivity index (χ2v) is 8.85. The summed E-state index contributed by atoms with van der Waals surface area (Å²) in [5.41, 5.74) is 1.10. The van der Waals surface area contributed by atoms with Gasteiger partial charge < -0.3 is 9.84 Å². The molecule has 0 aromatic heterocycles. The van der Waals surface area contributed by atoms with Crippen LogP contribution in [0.25, 0.3) is 0 Å². The lowest BCUT2D eigenvalue weighted by Gasteiger charge is -2.33. The number of ether oxygens (including phenoxy) is 1. The van der Waals surface area contributed by atoms with Crippen LogP contribution >= 0.6 is 0 Å². The molecule has 1 fully saturated rings. The van der Waals surface area contributed by atoms with Crippen LogP contribution in [0.4, 0.5) is 0 Å². The summed E-state index contributed by atoms with van der Waals surface area (Å²) in [6, 6.07) is 14.1. The molecule has 2 aliphatic rings. The molecular weight excluding hydrogens is 350 g/mol. The molecule has 0 amide bonds. The van der Waals surface area contributed by atoms with Crippen molar-refractivity contribution in [3.8, 4) is 5.75 Å². The van der Waals surface area contributed by atoms with E-state index in [9.17, 15) is 8.42 Å². The first-order valence-corrected chi connectivity index (χ1v) is 10.5. The first kappa shape index (κ1) is 17.5. The second-order valence-electron chi connectivity index (χ2n) is 6.90. The molecule has 4 rings (SSSR count). The number of hydrogen-bond donors (Lipinski definition) is 1. The minimum atomic E-state index is -3.54. The second kappa shape index (κ2) is 7.02. The smallest absolute Gasteiger partial charge is 0.206 e. The fourth-order valence-electron chi connectivity index (χ4n) is 4.08. The summed E-state index contributed by atoms with van der Waals surface area (Å²) < 4.78 is 31.6. The molecule has 138 valence electrons. The van der Waals surface area contributed by atoms with Crippen molar-refractivity contribution in [3.63, 3.8) is 0 Å². The van der Waals surface area contributed by atoms with Gasteiger partial charge in [0.05, 0.1) is 15.8 Å². The fraction of sp³-hybridized carbons (Fsp3) is 0.400. The van der Waals surface area contributed by atoms with Gasteiger partial charge in [0.15, 0.2) is 0 Å². The molecule has 5 nitrogen and oxygen atoms in total. The fourth-order valence-corrected chi connectivity index (χ4v) is 5.37. The van der Waals surface area contributed by atoms with Crippen molar-refractivity contribution in [1.29, 1.82) is 0 Å². The van der Waals surface area contributed by atoms with E-state index in [1.54, 1.807) is 42.5 Å². The number of benzene rings is 2. The highest BCUT2D eigenvalue weighted by Crippen LogP contribution is 2.43. The summed E-state index contributed by atoms with van der Waals surface area (Å²) >= 11 is 0. The molecular formula is C20H23NO4S. The van der Waals surface area contributed by atoms with E-state index in [0.717, 1.165) is 31.5 Å². The van der Waals surface area contributed by atoms with E-state index < -0.39 is 9.84 Å². The molecule has 1 N–H and O–H groups in total. The summed E-state index contributed by atoms with van der Waals surface area (Å²) in [5.74, 6) is 1.05. The first-order chi connectivity index (χ1) is 12.6. The first-order valence-electron chi connectivity index (χ1n) is 9.03. The van der Waals surface area contributed by atoms with Crippen LogP contribution in [0.5, 0.6) is 5.75 Å². The van der Waals surface area contributed by atoms with Gasteiger partial charge in [-0.15, -0.1) is 0 Å². The highest BCUT2D eigenvalue weighted by Gasteiger charge is 2.39. The third kappa shape index (κ3) is 3.02. The van der Waals surface area contributed by atoms with Crippen molar-refractivity contribution in [2.24, 2.45) is 0 Å². The number of rotatable bonds is 5. The van der Waals surface area contributed by atoms with E-state index >= 15 is 0 Å².